The number of allylic oxidation sites excluding steroid dienone is 2. The van der Waals surface area contributed by atoms with Crippen molar-refractivity contribution >= 4 is 40.5 Å². The summed E-state index contributed by atoms with van der Waals surface area (Å²) in [6, 6.07) is 7.55. The maximum Gasteiger partial charge on any atom is 0.336 e. The van der Waals surface area contributed by atoms with Crippen LogP contribution < -0.4 is 5.32 Å². The van der Waals surface area contributed by atoms with Crippen molar-refractivity contribution in [2.24, 2.45) is 5.92 Å². The van der Waals surface area contributed by atoms with E-state index in [1.807, 2.05) is 12.2 Å². The lowest BCUT2D eigenvalue weighted by Gasteiger charge is -2.38. The third-order valence-corrected chi connectivity index (χ3v) is 5.86. The van der Waals surface area contributed by atoms with Crippen LogP contribution in [0.2, 0.25) is 10.0 Å². The molecule has 0 unspecified atom stereocenters. The summed E-state index contributed by atoms with van der Waals surface area (Å²) >= 11 is 12.3. The third-order valence-electron chi connectivity index (χ3n) is 5.23. The Morgan fingerprint density at radius 3 is 2.67 bits per heavy atom. The minimum atomic E-state index is -1.01. The maximum atomic E-state index is 11.7. The van der Waals surface area contributed by atoms with Gasteiger partial charge in [0.05, 0.1) is 27.2 Å². The van der Waals surface area contributed by atoms with Crippen molar-refractivity contribution in [3.8, 4) is 0 Å². The Kier molecular flexibility index (Phi) is 4.32. The lowest BCUT2D eigenvalue weighted by molar-refractivity contribution is -0.384. The second-order valence-corrected chi connectivity index (χ2v) is 7.45. The second kappa shape index (κ2) is 6.55. The topological polar surface area (TPSA) is 92.5 Å². The van der Waals surface area contributed by atoms with E-state index in [1.54, 1.807) is 12.1 Å². The number of benzene rings is 2. The number of hydrogen-bond acceptors (Lipinski definition) is 4. The molecule has 2 aromatic rings. The molecule has 2 aromatic carbocycles. The van der Waals surface area contributed by atoms with Gasteiger partial charge in [0.15, 0.2) is 0 Å². The van der Waals surface area contributed by atoms with Gasteiger partial charge >= 0.3 is 5.97 Å². The summed E-state index contributed by atoms with van der Waals surface area (Å²) in [5, 5.41) is 24.7. The van der Waals surface area contributed by atoms with Crippen molar-refractivity contribution in [2.75, 3.05) is 5.32 Å². The molecule has 0 bridgehead atoms. The van der Waals surface area contributed by atoms with Gasteiger partial charge in [0.1, 0.15) is 5.02 Å². The van der Waals surface area contributed by atoms with E-state index in [9.17, 15) is 20.0 Å². The molecule has 0 fully saturated rings. The Morgan fingerprint density at radius 2 is 1.96 bits per heavy atom. The zero-order valence-corrected chi connectivity index (χ0v) is 15.4. The molecule has 27 heavy (non-hydrogen) atoms. The van der Waals surface area contributed by atoms with Crippen molar-refractivity contribution in [3.63, 3.8) is 0 Å². The van der Waals surface area contributed by atoms with Crippen LogP contribution in [0.3, 0.4) is 0 Å². The number of fused-ring (bicyclic) bond motifs is 3. The van der Waals surface area contributed by atoms with Crippen LogP contribution in [0.5, 0.6) is 0 Å². The van der Waals surface area contributed by atoms with Gasteiger partial charge in [-0.3, -0.25) is 10.1 Å². The first-order valence-electron chi connectivity index (χ1n) is 8.31. The number of hydrogen-bond donors (Lipinski definition) is 2. The zero-order chi connectivity index (χ0) is 19.3. The minimum absolute atomic E-state index is 0.0230. The average Bonchev–Trinajstić information content (AvgIpc) is 3.11. The number of nitro benzene ring substituents is 1. The Balaban J connectivity index is 1.86. The van der Waals surface area contributed by atoms with Crippen molar-refractivity contribution in [3.05, 3.63) is 79.3 Å². The van der Waals surface area contributed by atoms with Crippen LogP contribution in [0.1, 0.15) is 39.9 Å². The van der Waals surface area contributed by atoms with Gasteiger partial charge < -0.3 is 10.4 Å². The van der Waals surface area contributed by atoms with E-state index in [0.717, 1.165) is 6.42 Å². The molecule has 0 saturated heterocycles. The number of carboxylic acids is 1. The molecule has 1 heterocycles. The fraction of sp³-hybridized carbons (Fsp3) is 0.211. The molecule has 2 aliphatic rings. The number of anilines is 1. The van der Waals surface area contributed by atoms with E-state index in [0.29, 0.717) is 21.8 Å². The molecule has 0 radical (unpaired) electrons. The largest absolute Gasteiger partial charge is 0.478 e. The summed E-state index contributed by atoms with van der Waals surface area (Å²) in [7, 11) is 0. The van der Waals surface area contributed by atoms with Gasteiger partial charge in [-0.05, 0) is 41.7 Å². The van der Waals surface area contributed by atoms with Gasteiger partial charge in [0.2, 0.25) is 0 Å². The molecule has 0 spiro atoms. The molecule has 8 heteroatoms. The SMILES string of the molecule is O=C(O)c1ccc(Cl)c2c1[C@@H]1C=CC[C@@H]1[C@@H](c1ccc(Cl)c([N+](=O)[O-])c1)N2. The van der Waals surface area contributed by atoms with E-state index >= 15 is 0 Å². The van der Waals surface area contributed by atoms with Gasteiger partial charge in [-0.15, -0.1) is 0 Å². The van der Waals surface area contributed by atoms with Crippen molar-refractivity contribution in [1.82, 2.24) is 0 Å². The highest BCUT2D eigenvalue weighted by atomic mass is 35.5. The Bertz CT molecular complexity index is 1010. The van der Waals surface area contributed by atoms with Crippen LogP contribution in [0.25, 0.3) is 0 Å². The molecule has 1 aliphatic heterocycles. The molecule has 1 aliphatic carbocycles. The Morgan fingerprint density at radius 1 is 1.22 bits per heavy atom. The standard InChI is InChI=1S/C19H14Cl2N2O4/c20-13-6-4-9(8-15(13)23(26)27)17-11-3-1-2-10(11)16-12(19(24)25)5-7-14(21)18(16)22-17/h1-2,4-8,10-11,17,22H,3H2,(H,24,25)/t10-,11+,17-/m1/s1. The normalized spacial score (nSPS) is 22.7. The van der Waals surface area contributed by atoms with Gasteiger partial charge in [0.25, 0.3) is 5.69 Å². The number of rotatable bonds is 3. The molecule has 6 nitrogen and oxygen atoms in total. The summed E-state index contributed by atoms with van der Waals surface area (Å²) in [6.07, 6.45) is 4.73. The summed E-state index contributed by atoms with van der Waals surface area (Å²) in [6.45, 7) is 0. The van der Waals surface area contributed by atoms with Crippen molar-refractivity contribution in [2.45, 2.75) is 18.4 Å². The Hall–Kier alpha value is -2.57. The monoisotopic (exact) mass is 404 g/mol. The molecule has 4 rings (SSSR count). The number of halogens is 2. The summed E-state index contributed by atoms with van der Waals surface area (Å²) < 4.78 is 0. The quantitative estimate of drug-likeness (QED) is 0.404. The number of aromatic carboxylic acids is 1. The number of nitrogens with zero attached hydrogens (tertiary/aromatic N) is 1. The molecule has 0 aromatic heterocycles. The number of carboxylic acid groups (broad SMARTS) is 1. The van der Waals surface area contributed by atoms with E-state index in [4.69, 9.17) is 23.2 Å². The summed E-state index contributed by atoms with van der Waals surface area (Å²) in [4.78, 5) is 22.4. The fourth-order valence-corrected chi connectivity index (χ4v) is 4.46. The lowest BCUT2D eigenvalue weighted by Crippen LogP contribution is -2.30. The first kappa shape index (κ1) is 17.8. The lowest BCUT2D eigenvalue weighted by atomic mass is 9.75. The predicted molar refractivity (Wildman–Crippen MR) is 103 cm³/mol. The first-order valence-corrected chi connectivity index (χ1v) is 9.06. The highest BCUT2D eigenvalue weighted by Crippen LogP contribution is 2.53. The van der Waals surface area contributed by atoms with Gasteiger partial charge in [-0.1, -0.05) is 41.4 Å². The van der Waals surface area contributed by atoms with E-state index in [-0.39, 0.29) is 34.2 Å². The van der Waals surface area contributed by atoms with Crippen LogP contribution in [-0.4, -0.2) is 16.0 Å². The Labute approximate surface area is 164 Å². The van der Waals surface area contributed by atoms with Gasteiger partial charge in [-0.25, -0.2) is 4.79 Å². The van der Waals surface area contributed by atoms with Crippen LogP contribution in [-0.2, 0) is 0 Å². The van der Waals surface area contributed by atoms with Crippen LogP contribution >= 0.6 is 23.2 Å². The number of carbonyl (C=O) groups is 1. The minimum Gasteiger partial charge on any atom is -0.478 e. The molecular weight excluding hydrogens is 391 g/mol. The third kappa shape index (κ3) is 2.85. The fourth-order valence-electron chi connectivity index (χ4n) is 4.05. The number of nitro groups is 1. The highest BCUT2D eigenvalue weighted by molar-refractivity contribution is 6.33. The summed E-state index contributed by atoms with van der Waals surface area (Å²) in [5.41, 5.74) is 1.99. The van der Waals surface area contributed by atoms with Gasteiger partial charge in [0, 0.05) is 12.0 Å². The first-order chi connectivity index (χ1) is 12.9. The van der Waals surface area contributed by atoms with E-state index in [2.05, 4.69) is 5.32 Å². The molecule has 138 valence electrons. The van der Waals surface area contributed by atoms with Crippen molar-refractivity contribution in [1.29, 1.82) is 0 Å². The molecule has 3 atom stereocenters. The summed E-state index contributed by atoms with van der Waals surface area (Å²) in [5.74, 6) is -1.12. The number of nitrogens with one attached hydrogen (secondary N) is 1. The van der Waals surface area contributed by atoms with Crippen LogP contribution in [0.4, 0.5) is 11.4 Å². The van der Waals surface area contributed by atoms with Gasteiger partial charge in [-0.2, -0.15) is 0 Å². The highest BCUT2D eigenvalue weighted by Gasteiger charge is 2.41. The average molecular weight is 405 g/mol. The maximum absolute atomic E-state index is 11.7. The predicted octanol–water partition coefficient (Wildman–Crippen LogP) is 5.43. The second-order valence-electron chi connectivity index (χ2n) is 6.63. The molecule has 0 amide bonds. The molecule has 2 N–H and O–H groups in total. The van der Waals surface area contributed by atoms with Crippen LogP contribution in [0.15, 0.2) is 42.5 Å². The van der Waals surface area contributed by atoms with Crippen molar-refractivity contribution < 1.29 is 14.8 Å². The van der Waals surface area contributed by atoms with E-state index in [1.165, 1.54) is 18.2 Å². The van der Waals surface area contributed by atoms with Crippen LogP contribution in [0, 0.1) is 16.0 Å². The van der Waals surface area contributed by atoms with E-state index < -0.39 is 10.9 Å². The smallest absolute Gasteiger partial charge is 0.336 e. The zero-order valence-electron chi connectivity index (χ0n) is 13.9. The molecular formula is C19H14Cl2N2O4. The molecule has 0 saturated carbocycles.